The fraction of sp³-hybridized carbons (Fsp3) is 0.724. The van der Waals surface area contributed by atoms with Crippen LogP contribution in [0.25, 0.3) is 0 Å². The van der Waals surface area contributed by atoms with E-state index in [9.17, 15) is 0 Å². The van der Waals surface area contributed by atoms with Crippen molar-refractivity contribution in [1.29, 1.82) is 0 Å². The van der Waals surface area contributed by atoms with Crippen molar-refractivity contribution in [2.24, 2.45) is 11.8 Å². The van der Waals surface area contributed by atoms with E-state index in [1.54, 1.807) is 0 Å². The monoisotopic (exact) mass is 412 g/mol. The lowest BCUT2D eigenvalue weighted by Gasteiger charge is -2.38. The Morgan fingerprint density at radius 3 is 2.30 bits per heavy atom. The summed E-state index contributed by atoms with van der Waals surface area (Å²) in [6.45, 7) is 18.3. The highest BCUT2D eigenvalue weighted by atomic mass is 16.5. The summed E-state index contributed by atoms with van der Waals surface area (Å²) in [5.74, 6) is 2.88. The number of benzene rings is 1. The van der Waals surface area contributed by atoms with E-state index in [1.165, 1.54) is 91.4 Å². The third-order valence-corrected chi connectivity index (χ3v) is 7.38. The van der Waals surface area contributed by atoms with E-state index >= 15 is 0 Å². The molecular formula is C29H48O. The maximum absolute atomic E-state index is 6.66. The number of rotatable bonds is 11. The molecule has 2 rings (SSSR count). The highest BCUT2D eigenvalue weighted by Crippen LogP contribution is 2.41. The van der Waals surface area contributed by atoms with Crippen LogP contribution in [0.15, 0.2) is 17.7 Å². The van der Waals surface area contributed by atoms with Crippen molar-refractivity contribution in [3.05, 3.63) is 40.0 Å². The van der Waals surface area contributed by atoms with Gasteiger partial charge in [-0.05, 0) is 114 Å². The Labute approximate surface area is 187 Å². The van der Waals surface area contributed by atoms with Crippen LogP contribution in [0.3, 0.4) is 0 Å². The molecule has 0 N–H and O–H groups in total. The quantitative estimate of drug-likeness (QED) is 0.329. The first kappa shape index (κ1) is 25.0. The summed E-state index contributed by atoms with van der Waals surface area (Å²) in [6.07, 6.45) is 15.3. The normalized spacial score (nSPS) is 20.3. The molecule has 1 aliphatic rings. The van der Waals surface area contributed by atoms with Gasteiger partial charge in [-0.25, -0.2) is 0 Å². The minimum absolute atomic E-state index is 0.0111. The zero-order valence-corrected chi connectivity index (χ0v) is 21.3. The van der Waals surface area contributed by atoms with Crippen LogP contribution in [-0.4, -0.2) is 5.60 Å². The van der Waals surface area contributed by atoms with Crippen LogP contribution >= 0.6 is 0 Å². The van der Waals surface area contributed by atoms with Crippen LogP contribution in [-0.2, 0) is 6.42 Å². The molecule has 3 atom stereocenters. The van der Waals surface area contributed by atoms with Gasteiger partial charge in [-0.3, -0.25) is 0 Å². The van der Waals surface area contributed by atoms with Crippen LogP contribution in [0.1, 0.15) is 115 Å². The zero-order chi connectivity index (χ0) is 22.3. The van der Waals surface area contributed by atoms with Gasteiger partial charge in [0.15, 0.2) is 0 Å². The molecule has 0 saturated heterocycles. The van der Waals surface area contributed by atoms with Crippen LogP contribution in [0.4, 0.5) is 0 Å². The molecule has 0 aromatic heterocycles. The van der Waals surface area contributed by atoms with Crippen LogP contribution in [0.2, 0.25) is 0 Å². The Bertz CT molecular complexity index is 710. The standard InChI is InChI=1S/C29H48O/c1-21(2)12-9-13-22(3)14-10-15-23(4)16-11-18-29(8)19-17-27-25(6)20-24(5)26(7)28(27)30-29/h12,20,22-23H,9-11,13-19H2,1-8H3. The molecule has 170 valence electrons. The second-order valence-corrected chi connectivity index (χ2v) is 10.9. The Hall–Kier alpha value is -1.24. The zero-order valence-electron chi connectivity index (χ0n) is 21.3. The van der Waals surface area contributed by atoms with Gasteiger partial charge in [-0.2, -0.15) is 0 Å². The molecule has 1 nitrogen and oxygen atoms in total. The first-order chi connectivity index (χ1) is 14.1. The highest BCUT2D eigenvalue weighted by molar-refractivity contribution is 5.51. The second-order valence-electron chi connectivity index (χ2n) is 10.9. The summed E-state index contributed by atoms with van der Waals surface area (Å²) in [5.41, 5.74) is 7.02. The van der Waals surface area contributed by atoms with Crippen molar-refractivity contribution in [3.63, 3.8) is 0 Å². The molecule has 0 saturated carbocycles. The van der Waals surface area contributed by atoms with E-state index in [1.807, 2.05) is 0 Å². The van der Waals surface area contributed by atoms with Crippen LogP contribution in [0.5, 0.6) is 5.75 Å². The molecule has 0 bridgehead atoms. The van der Waals surface area contributed by atoms with Gasteiger partial charge in [0.25, 0.3) is 0 Å². The molecule has 1 aliphatic heterocycles. The first-order valence-corrected chi connectivity index (χ1v) is 12.5. The van der Waals surface area contributed by atoms with E-state index in [-0.39, 0.29) is 5.60 Å². The van der Waals surface area contributed by atoms with E-state index in [0.717, 1.165) is 18.3 Å². The average molecular weight is 413 g/mol. The first-order valence-electron chi connectivity index (χ1n) is 12.5. The third kappa shape index (κ3) is 7.47. The van der Waals surface area contributed by atoms with Crippen molar-refractivity contribution in [1.82, 2.24) is 0 Å². The number of allylic oxidation sites excluding steroid dienone is 2. The molecule has 30 heavy (non-hydrogen) atoms. The predicted octanol–water partition coefficient (Wildman–Crippen LogP) is 9.05. The molecule has 0 fully saturated rings. The molecule has 1 aromatic rings. The fourth-order valence-corrected chi connectivity index (χ4v) is 5.00. The minimum atomic E-state index is 0.0111. The summed E-state index contributed by atoms with van der Waals surface area (Å²) in [4.78, 5) is 0. The number of hydrogen-bond donors (Lipinski definition) is 0. The van der Waals surface area contributed by atoms with Crippen LogP contribution in [0, 0.1) is 32.6 Å². The van der Waals surface area contributed by atoms with Gasteiger partial charge in [0.05, 0.1) is 0 Å². The smallest absolute Gasteiger partial charge is 0.126 e. The van der Waals surface area contributed by atoms with E-state index in [4.69, 9.17) is 4.74 Å². The van der Waals surface area contributed by atoms with Gasteiger partial charge >= 0.3 is 0 Å². The Balaban J connectivity index is 1.72. The highest BCUT2D eigenvalue weighted by Gasteiger charge is 2.33. The molecule has 0 spiro atoms. The number of hydrogen-bond acceptors (Lipinski definition) is 1. The molecule has 0 amide bonds. The Morgan fingerprint density at radius 2 is 1.63 bits per heavy atom. The van der Waals surface area contributed by atoms with E-state index in [0.29, 0.717) is 0 Å². The molecule has 0 radical (unpaired) electrons. The van der Waals surface area contributed by atoms with Gasteiger partial charge < -0.3 is 4.74 Å². The summed E-state index contributed by atoms with van der Waals surface area (Å²) < 4.78 is 6.66. The largest absolute Gasteiger partial charge is 0.487 e. The molecule has 1 heterocycles. The lowest BCUT2D eigenvalue weighted by molar-refractivity contribution is 0.0513. The topological polar surface area (TPSA) is 9.23 Å². The summed E-state index contributed by atoms with van der Waals surface area (Å²) in [7, 11) is 0. The minimum Gasteiger partial charge on any atom is -0.487 e. The van der Waals surface area contributed by atoms with Gasteiger partial charge in [0.2, 0.25) is 0 Å². The molecule has 1 heteroatoms. The van der Waals surface area contributed by atoms with Crippen molar-refractivity contribution >= 4 is 0 Å². The molecule has 3 unspecified atom stereocenters. The summed E-state index contributed by atoms with van der Waals surface area (Å²) in [6, 6.07) is 2.32. The lowest BCUT2D eigenvalue weighted by Crippen LogP contribution is -2.37. The van der Waals surface area contributed by atoms with E-state index < -0.39 is 0 Å². The fourth-order valence-electron chi connectivity index (χ4n) is 5.00. The number of aryl methyl sites for hydroxylation is 2. The third-order valence-electron chi connectivity index (χ3n) is 7.38. The predicted molar refractivity (Wildman–Crippen MR) is 133 cm³/mol. The summed E-state index contributed by atoms with van der Waals surface area (Å²) in [5, 5.41) is 0. The SMILES string of the molecule is CC(C)=CCCC(C)CCCC(C)CCCC1(C)CCc2c(C)cc(C)c(C)c2O1. The van der Waals surface area contributed by atoms with Gasteiger partial charge in [-0.1, -0.05) is 57.2 Å². The molecular weight excluding hydrogens is 364 g/mol. The maximum Gasteiger partial charge on any atom is 0.126 e. The van der Waals surface area contributed by atoms with E-state index in [2.05, 4.69) is 67.5 Å². The number of fused-ring (bicyclic) bond motifs is 1. The summed E-state index contributed by atoms with van der Waals surface area (Å²) >= 11 is 0. The average Bonchev–Trinajstić information content (AvgIpc) is 2.65. The van der Waals surface area contributed by atoms with Crippen molar-refractivity contribution in [2.45, 2.75) is 125 Å². The van der Waals surface area contributed by atoms with Gasteiger partial charge in [-0.15, -0.1) is 0 Å². The van der Waals surface area contributed by atoms with Crippen molar-refractivity contribution < 1.29 is 4.74 Å². The Kier molecular flexibility index (Phi) is 9.51. The maximum atomic E-state index is 6.66. The Morgan fingerprint density at radius 1 is 1.00 bits per heavy atom. The van der Waals surface area contributed by atoms with Crippen molar-refractivity contribution in [3.8, 4) is 5.75 Å². The van der Waals surface area contributed by atoms with Gasteiger partial charge in [0.1, 0.15) is 11.4 Å². The lowest BCUT2D eigenvalue weighted by atomic mass is 9.84. The second kappa shape index (κ2) is 11.4. The van der Waals surface area contributed by atoms with Crippen molar-refractivity contribution in [2.75, 3.05) is 0 Å². The number of ether oxygens (including phenoxy) is 1. The van der Waals surface area contributed by atoms with Crippen LogP contribution < -0.4 is 4.74 Å². The molecule has 0 aliphatic carbocycles. The van der Waals surface area contributed by atoms with Gasteiger partial charge in [0, 0.05) is 0 Å². The molecule has 1 aromatic carbocycles.